The van der Waals surface area contributed by atoms with Gasteiger partial charge in [-0.25, -0.2) is 0 Å². The van der Waals surface area contributed by atoms with Crippen LogP contribution in [-0.4, -0.2) is 18.4 Å². The number of hydrogen-bond donors (Lipinski definition) is 2. The number of nitrogens with one attached hydrogen (secondary N) is 1. The van der Waals surface area contributed by atoms with Crippen LogP contribution in [0.25, 0.3) is 0 Å². The van der Waals surface area contributed by atoms with Gasteiger partial charge in [0.2, 0.25) is 5.91 Å². The van der Waals surface area contributed by atoms with E-state index in [4.69, 9.17) is 22.1 Å². The molecule has 0 saturated carbocycles. The Bertz CT molecular complexity index is 656. The first-order chi connectivity index (χ1) is 10.1. The van der Waals surface area contributed by atoms with E-state index in [2.05, 4.69) is 5.32 Å². The fourth-order valence-corrected chi connectivity index (χ4v) is 1.80. The SMILES string of the molecule is NC(=O)c1ccc(OCC(=O)Nc2ccccc2Cl)cc1. The summed E-state index contributed by atoms with van der Waals surface area (Å²) in [7, 11) is 0. The molecular formula is C15H13ClN2O3. The highest BCUT2D eigenvalue weighted by Gasteiger charge is 2.06. The van der Waals surface area contributed by atoms with Gasteiger partial charge in [0.05, 0.1) is 10.7 Å². The van der Waals surface area contributed by atoms with Gasteiger partial charge in [-0.1, -0.05) is 23.7 Å². The number of ether oxygens (including phenoxy) is 1. The van der Waals surface area contributed by atoms with Crippen LogP contribution in [0.5, 0.6) is 5.75 Å². The van der Waals surface area contributed by atoms with Crippen LogP contribution in [0.3, 0.4) is 0 Å². The van der Waals surface area contributed by atoms with Crippen molar-refractivity contribution in [2.45, 2.75) is 0 Å². The van der Waals surface area contributed by atoms with Gasteiger partial charge < -0.3 is 15.8 Å². The molecule has 0 radical (unpaired) electrons. The van der Waals surface area contributed by atoms with Crippen LogP contribution in [0, 0.1) is 0 Å². The maximum Gasteiger partial charge on any atom is 0.262 e. The number of benzene rings is 2. The highest BCUT2D eigenvalue weighted by Crippen LogP contribution is 2.20. The summed E-state index contributed by atoms with van der Waals surface area (Å²) in [4.78, 5) is 22.7. The van der Waals surface area contributed by atoms with Crippen molar-refractivity contribution in [1.29, 1.82) is 0 Å². The molecule has 2 rings (SSSR count). The Hall–Kier alpha value is -2.53. The number of hydrogen-bond acceptors (Lipinski definition) is 3. The quantitative estimate of drug-likeness (QED) is 0.890. The molecule has 2 amide bonds. The summed E-state index contributed by atoms with van der Waals surface area (Å²) in [5.74, 6) is -0.380. The minimum Gasteiger partial charge on any atom is -0.484 e. The van der Waals surface area contributed by atoms with Crippen LogP contribution in [0.15, 0.2) is 48.5 Å². The fourth-order valence-electron chi connectivity index (χ4n) is 1.61. The molecule has 3 N–H and O–H groups in total. The van der Waals surface area contributed by atoms with Crippen LogP contribution < -0.4 is 15.8 Å². The Morgan fingerprint density at radius 2 is 1.76 bits per heavy atom. The molecular weight excluding hydrogens is 292 g/mol. The predicted octanol–water partition coefficient (Wildman–Crippen LogP) is 2.46. The molecule has 0 fully saturated rings. The van der Waals surface area contributed by atoms with Crippen LogP contribution in [0.4, 0.5) is 5.69 Å². The number of carbonyl (C=O) groups is 2. The van der Waals surface area contributed by atoms with E-state index < -0.39 is 5.91 Å². The third-order valence-electron chi connectivity index (χ3n) is 2.66. The van der Waals surface area contributed by atoms with Gasteiger partial charge in [-0.3, -0.25) is 9.59 Å². The van der Waals surface area contributed by atoms with Crippen molar-refractivity contribution < 1.29 is 14.3 Å². The number of primary amides is 1. The molecule has 0 aromatic heterocycles. The van der Waals surface area contributed by atoms with Crippen molar-refractivity contribution in [3.8, 4) is 5.75 Å². The molecule has 0 aliphatic carbocycles. The van der Waals surface area contributed by atoms with Gasteiger partial charge in [-0.05, 0) is 36.4 Å². The Morgan fingerprint density at radius 3 is 2.38 bits per heavy atom. The molecule has 2 aromatic carbocycles. The maximum absolute atomic E-state index is 11.7. The zero-order valence-corrected chi connectivity index (χ0v) is 11.8. The summed E-state index contributed by atoms with van der Waals surface area (Å²) in [5.41, 5.74) is 6.03. The van der Waals surface area contributed by atoms with Crippen LogP contribution >= 0.6 is 11.6 Å². The molecule has 5 nitrogen and oxygen atoms in total. The Morgan fingerprint density at radius 1 is 1.10 bits per heavy atom. The smallest absolute Gasteiger partial charge is 0.262 e. The number of nitrogens with two attached hydrogens (primary N) is 1. The van der Waals surface area contributed by atoms with Crippen molar-refractivity contribution in [1.82, 2.24) is 0 Å². The molecule has 0 heterocycles. The van der Waals surface area contributed by atoms with Gasteiger partial charge in [-0.2, -0.15) is 0 Å². The summed E-state index contributed by atoms with van der Waals surface area (Å²) >= 11 is 5.93. The number of rotatable bonds is 5. The average Bonchev–Trinajstić information content (AvgIpc) is 2.48. The summed E-state index contributed by atoms with van der Waals surface area (Å²) in [6.45, 7) is -0.166. The first-order valence-corrected chi connectivity index (χ1v) is 6.51. The zero-order valence-electron chi connectivity index (χ0n) is 11.0. The lowest BCUT2D eigenvalue weighted by molar-refractivity contribution is -0.118. The minimum absolute atomic E-state index is 0.166. The molecule has 0 atom stereocenters. The third-order valence-corrected chi connectivity index (χ3v) is 2.99. The number of carbonyl (C=O) groups excluding carboxylic acids is 2. The van der Waals surface area contributed by atoms with Crippen molar-refractivity contribution in [3.63, 3.8) is 0 Å². The first-order valence-electron chi connectivity index (χ1n) is 6.13. The average molecular weight is 305 g/mol. The van der Waals surface area contributed by atoms with Crippen molar-refractivity contribution in [2.24, 2.45) is 5.73 Å². The van der Waals surface area contributed by atoms with E-state index in [1.165, 1.54) is 12.1 Å². The third kappa shape index (κ3) is 4.22. The fraction of sp³-hybridized carbons (Fsp3) is 0.0667. The first kappa shape index (κ1) is 14.9. The van der Waals surface area contributed by atoms with E-state index >= 15 is 0 Å². The van der Waals surface area contributed by atoms with E-state index in [1.54, 1.807) is 36.4 Å². The van der Waals surface area contributed by atoms with E-state index in [1.807, 2.05) is 0 Å². The normalized spacial score (nSPS) is 9.95. The summed E-state index contributed by atoms with van der Waals surface area (Å²) in [6.07, 6.45) is 0. The van der Waals surface area contributed by atoms with Gasteiger partial charge in [0, 0.05) is 5.56 Å². The highest BCUT2D eigenvalue weighted by molar-refractivity contribution is 6.33. The minimum atomic E-state index is -0.516. The number of anilines is 1. The molecule has 21 heavy (non-hydrogen) atoms. The molecule has 0 unspecified atom stereocenters. The lowest BCUT2D eigenvalue weighted by Gasteiger charge is -2.08. The van der Waals surface area contributed by atoms with E-state index in [9.17, 15) is 9.59 Å². The maximum atomic E-state index is 11.7. The van der Waals surface area contributed by atoms with Crippen LogP contribution in [-0.2, 0) is 4.79 Å². The van der Waals surface area contributed by atoms with Gasteiger partial charge in [-0.15, -0.1) is 0 Å². The Kier molecular flexibility index (Phi) is 4.79. The topological polar surface area (TPSA) is 81.4 Å². The summed E-state index contributed by atoms with van der Waals surface area (Å²) < 4.78 is 5.31. The van der Waals surface area contributed by atoms with E-state index in [0.29, 0.717) is 22.0 Å². The molecule has 108 valence electrons. The summed E-state index contributed by atoms with van der Waals surface area (Å²) in [6, 6.07) is 13.1. The van der Waals surface area contributed by atoms with Gasteiger partial charge in [0.25, 0.3) is 5.91 Å². The second kappa shape index (κ2) is 6.76. The second-order valence-corrected chi connectivity index (χ2v) is 4.61. The number of para-hydroxylation sites is 1. The largest absolute Gasteiger partial charge is 0.484 e. The predicted molar refractivity (Wildman–Crippen MR) is 80.5 cm³/mol. The van der Waals surface area contributed by atoms with Gasteiger partial charge >= 0.3 is 0 Å². The molecule has 0 aliphatic heterocycles. The molecule has 0 aliphatic rings. The monoisotopic (exact) mass is 304 g/mol. The molecule has 2 aromatic rings. The zero-order chi connectivity index (χ0) is 15.2. The molecule has 6 heteroatoms. The van der Waals surface area contributed by atoms with Gasteiger partial charge in [0.1, 0.15) is 5.75 Å². The second-order valence-electron chi connectivity index (χ2n) is 4.21. The summed E-state index contributed by atoms with van der Waals surface area (Å²) in [5, 5.41) is 3.10. The molecule has 0 spiro atoms. The Labute approximate surface area is 126 Å². The lowest BCUT2D eigenvalue weighted by Crippen LogP contribution is -2.20. The molecule has 0 saturated heterocycles. The Balaban J connectivity index is 1.89. The van der Waals surface area contributed by atoms with E-state index in [0.717, 1.165) is 0 Å². The van der Waals surface area contributed by atoms with Gasteiger partial charge in [0.15, 0.2) is 6.61 Å². The van der Waals surface area contributed by atoms with Crippen molar-refractivity contribution in [3.05, 3.63) is 59.1 Å². The van der Waals surface area contributed by atoms with Crippen molar-refractivity contribution >= 4 is 29.1 Å². The van der Waals surface area contributed by atoms with Crippen LogP contribution in [0.1, 0.15) is 10.4 Å². The standard InChI is InChI=1S/C15H13ClN2O3/c16-12-3-1-2-4-13(12)18-14(19)9-21-11-7-5-10(6-8-11)15(17)20/h1-8H,9H2,(H2,17,20)(H,18,19). The van der Waals surface area contributed by atoms with Crippen LogP contribution in [0.2, 0.25) is 5.02 Å². The highest BCUT2D eigenvalue weighted by atomic mass is 35.5. The van der Waals surface area contributed by atoms with E-state index in [-0.39, 0.29) is 12.5 Å². The molecule has 0 bridgehead atoms. The van der Waals surface area contributed by atoms with Crippen molar-refractivity contribution in [2.75, 3.05) is 11.9 Å². The number of halogens is 1. The number of amides is 2. The lowest BCUT2D eigenvalue weighted by atomic mass is 10.2.